The highest BCUT2D eigenvalue weighted by Crippen LogP contribution is 2.24. The minimum Gasteiger partial charge on any atom is -0.263 e. The topological polar surface area (TPSA) is 72.0 Å². The van der Waals surface area contributed by atoms with Crippen molar-refractivity contribution in [2.75, 3.05) is 4.72 Å². The number of anilines is 1. The summed E-state index contributed by atoms with van der Waals surface area (Å²) in [6.45, 7) is 0. The van der Waals surface area contributed by atoms with Gasteiger partial charge in [0.05, 0.1) is 0 Å². The van der Waals surface area contributed by atoms with Gasteiger partial charge in [0.15, 0.2) is 0 Å². The molecule has 1 N–H and O–H groups in total. The summed E-state index contributed by atoms with van der Waals surface area (Å²) in [5, 5.41) is -0.188. The molecule has 0 aromatic carbocycles. The number of rotatable bonds is 3. The van der Waals surface area contributed by atoms with Gasteiger partial charge in [-0.2, -0.15) is 4.39 Å². The van der Waals surface area contributed by atoms with Crippen molar-refractivity contribution in [1.29, 1.82) is 0 Å². The Morgan fingerprint density at radius 1 is 1.37 bits per heavy atom. The van der Waals surface area contributed by atoms with E-state index in [-0.39, 0.29) is 15.9 Å². The van der Waals surface area contributed by atoms with Gasteiger partial charge in [-0.15, -0.1) is 0 Å². The standard InChI is InChI=1S/C10H6BrClFN3O2S/c11-6-4-7(10(12)14-5-6)19(17,18)16-9-3-1-2-8(13)15-9/h1-5H,(H,15,16). The predicted octanol–water partition coefficient (Wildman–Crippen LogP) is 2.83. The Hall–Kier alpha value is -1.25. The van der Waals surface area contributed by atoms with E-state index in [9.17, 15) is 12.8 Å². The van der Waals surface area contributed by atoms with Gasteiger partial charge in [-0.3, -0.25) is 4.72 Å². The summed E-state index contributed by atoms with van der Waals surface area (Å²) in [7, 11) is -3.99. The van der Waals surface area contributed by atoms with E-state index in [0.29, 0.717) is 4.47 Å². The largest absolute Gasteiger partial charge is 0.266 e. The van der Waals surface area contributed by atoms with Gasteiger partial charge in [0.1, 0.15) is 15.9 Å². The van der Waals surface area contributed by atoms with E-state index in [2.05, 4.69) is 30.6 Å². The monoisotopic (exact) mass is 365 g/mol. The average molecular weight is 367 g/mol. The Morgan fingerprint density at radius 2 is 2.11 bits per heavy atom. The smallest absolute Gasteiger partial charge is 0.263 e. The van der Waals surface area contributed by atoms with Crippen LogP contribution < -0.4 is 4.72 Å². The quantitative estimate of drug-likeness (QED) is 0.848. The highest BCUT2D eigenvalue weighted by molar-refractivity contribution is 9.10. The van der Waals surface area contributed by atoms with Gasteiger partial charge >= 0.3 is 0 Å². The van der Waals surface area contributed by atoms with Crippen molar-refractivity contribution >= 4 is 43.4 Å². The molecule has 0 amide bonds. The van der Waals surface area contributed by atoms with Crippen LogP contribution in [-0.4, -0.2) is 18.4 Å². The molecule has 0 aliphatic heterocycles. The molecule has 0 fully saturated rings. The Morgan fingerprint density at radius 3 is 2.79 bits per heavy atom. The third-order valence-corrected chi connectivity index (χ3v) is 4.23. The van der Waals surface area contributed by atoms with Gasteiger partial charge in [0, 0.05) is 10.7 Å². The van der Waals surface area contributed by atoms with Gasteiger partial charge in [-0.25, -0.2) is 18.4 Å². The van der Waals surface area contributed by atoms with Crippen LogP contribution in [-0.2, 0) is 10.0 Å². The fourth-order valence-electron chi connectivity index (χ4n) is 1.25. The first-order valence-electron chi connectivity index (χ1n) is 4.85. The second kappa shape index (κ2) is 5.40. The van der Waals surface area contributed by atoms with Crippen molar-refractivity contribution < 1.29 is 12.8 Å². The number of halogens is 3. The summed E-state index contributed by atoms with van der Waals surface area (Å²) >= 11 is 8.83. The molecule has 0 atom stereocenters. The molecule has 0 unspecified atom stereocenters. The normalized spacial score (nSPS) is 11.3. The number of hydrogen-bond acceptors (Lipinski definition) is 4. The number of sulfonamides is 1. The Kier molecular flexibility index (Phi) is 4.02. The molecule has 9 heteroatoms. The molecule has 2 heterocycles. The van der Waals surface area contributed by atoms with E-state index < -0.39 is 16.0 Å². The lowest BCUT2D eigenvalue weighted by atomic mass is 10.5. The minimum absolute atomic E-state index is 0.143. The van der Waals surface area contributed by atoms with Gasteiger partial charge < -0.3 is 0 Å². The van der Waals surface area contributed by atoms with Crippen LogP contribution in [0, 0.1) is 5.95 Å². The van der Waals surface area contributed by atoms with Crippen molar-refractivity contribution in [3.63, 3.8) is 0 Å². The second-order valence-electron chi connectivity index (χ2n) is 3.39. The lowest BCUT2D eigenvalue weighted by molar-refractivity contribution is 0.584. The first kappa shape index (κ1) is 14.2. The second-order valence-corrected chi connectivity index (χ2v) is 6.32. The summed E-state index contributed by atoms with van der Waals surface area (Å²) in [4.78, 5) is 6.89. The number of aromatic nitrogens is 2. The van der Waals surface area contributed by atoms with E-state index in [1.54, 1.807) is 0 Å². The fourth-order valence-corrected chi connectivity index (χ4v) is 3.20. The minimum atomic E-state index is -3.99. The summed E-state index contributed by atoms with van der Waals surface area (Å²) in [6, 6.07) is 5.04. The molecule has 19 heavy (non-hydrogen) atoms. The molecular formula is C10H6BrClFN3O2S. The van der Waals surface area contributed by atoms with Gasteiger partial charge in [-0.05, 0) is 34.1 Å². The predicted molar refractivity (Wildman–Crippen MR) is 72.0 cm³/mol. The lowest BCUT2D eigenvalue weighted by Crippen LogP contribution is -2.15. The molecule has 2 rings (SSSR count). The number of pyridine rings is 2. The van der Waals surface area contributed by atoms with Crippen LogP contribution in [0.4, 0.5) is 10.2 Å². The van der Waals surface area contributed by atoms with Crippen molar-refractivity contribution in [2.24, 2.45) is 0 Å². The third-order valence-electron chi connectivity index (χ3n) is 2.02. The van der Waals surface area contributed by atoms with Crippen molar-refractivity contribution in [2.45, 2.75) is 4.90 Å². The SMILES string of the molecule is O=S(=O)(Nc1cccc(F)n1)c1cc(Br)cnc1Cl. The molecule has 0 radical (unpaired) electrons. The highest BCUT2D eigenvalue weighted by Gasteiger charge is 2.20. The van der Waals surface area contributed by atoms with Crippen LogP contribution in [0.25, 0.3) is 0 Å². The molecular weight excluding hydrogens is 361 g/mol. The van der Waals surface area contributed by atoms with Crippen LogP contribution in [0.3, 0.4) is 0 Å². The summed E-state index contributed by atoms with van der Waals surface area (Å²) < 4.78 is 39.6. The Bertz CT molecular complexity index is 726. The molecule has 2 aromatic heterocycles. The maximum atomic E-state index is 12.9. The van der Waals surface area contributed by atoms with Crippen molar-refractivity contribution in [1.82, 2.24) is 9.97 Å². The van der Waals surface area contributed by atoms with Crippen LogP contribution >= 0.6 is 27.5 Å². The van der Waals surface area contributed by atoms with Crippen LogP contribution in [0.1, 0.15) is 0 Å². The third kappa shape index (κ3) is 3.40. The zero-order chi connectivity index (χ0) is 14.0. The van der Waals surface area contributed by atoms with Gasteiger partial charge in [-0.1, -0.05) is 17.7 Å². The molecule has 0 aliphatic carbocycles. The maximum Gasteiger partial charge on any atom is 0.266 e. The lowest BCUT2D eigenvalue weighted by Gasteiger charge is -2.08. The maximum absolute atomic E-state index is 12.9. The number of nitrogens with one attached hydrogen (secondary N) is 1. The average Bonchev–Trinajstić information content (AvgIpc) is 2.31. The van der Waals surface area contributed by atoms with E-state index in [1.165, 1.54) is 24.4 Å². The molecule has 2 aromatic rings. The summed E-state index contributed by atoms with van der Waals surface area (Å²) in [6.07, 6.45) is 1.36. The molecule has 5 nitrogen and oxygen atoms in total. The first-order valence-corrected chi connectivity index (χ1v) is 7.50. The zero-order valence-electron chi connectivity index (χ0n) is 9.14. The number of hydrogen-bond donors (Lipinski definition) is 1. The Labute approximate surface area is 122 Å². The Balaban J connectivity index is 2.40. The summed E-state index contributed by atoms with van der Waals surface area (Å²) in [5.74, 6) is -0.935. The van der Waals surface area contributed by atoms with Crippen LogP contribution in [0.2, 0.25) is 5.15 Å². The summed E-state index contributed by atoms with van der Waals surface area (Å²) in [5.41, 5.74) is 0. The van der Waals surface area contributed by atoms with Crippen molar-refractivity contribution in [3.8, 4) is 0 Å². The van der Waals surface area contributed by atoms with Crippen LogP contribution in [0.15, 0.2) is 39.8 Å². The van der Waals surface area contributed by atoms with E-state index in [1.807, 2.05) is 0 Å². The molecule has 0 spiro atoms. The van der Waals surface area contributed by atoms with E-state index in [4.69, 9.17) is 11.6 Å². The molecule has 0 saturated heterocycles. The number of nitrogens with zero attached hydrogens (tertiary/aromatic N) is 2. The van der Waals surface area contributed by atoms with Gasteiger partial charge in [0.2, 0.25) is 5.95 Å². The van der Waals surface area contributed by atoms with Crippen molar-refractivity contribution in [3.05, 3.63) is 46.0 Å². The van der Waals surface area contributed by atoms with Gasteiger partial charge in [0.25, 0.3) is 10.0 Å². The highest BCUT2D eigenvalue weighted by atomic mass is 79.9. The first-order chi connectivity index (χ1) is 8.88. The molecule has 100 valence electrons. The molecule has 0 aliphatic rings. The van der Waals surface area contributed by atoms with E-state index in [0.717, 1.165) is 6.07 Å². The molecule has 0 bridgehead atoms. The fraction of sp³-hybridized carbons (Fsp3) is 0. The van der Waals surface area contributed by atoms with E-state index >= 15 is 0 Å². The van der Waals surface area contributed by atoms with Crippen LogP contribution in [0.5, 0.6) is 0 Å². The molecule has 0 saturated carbocycles. The zero-order valence-corrected chi connectivity index (χ0v) is 12.3.